The van der Waals surface area contributed by atoms with E-state index in [1.807, 2.05) is 0 Å². The highest BCUT2D eigenvalue weighted by molar-refractivity contribution is 9.11. The predicted molar refractivity (Wildman–Crippen MR) is 86.5 cm³/mol. The van der Waals surface area contributed by atoms with E-state index in [4.69, 9.17) is 0 Å². The molecule has 0 aromatic heterocycles. The summed E-state index contributed by atoms with van der Waals surface area (Å²) in [6, 6.07) is 3.21. The highest BCUT2D eigenvalue weighted by Gasteiger charge is 2.36. The van der Waals surface area contributed by atoms with Gasteiger partial charge in [-0.1, -0.05) is 0 Å². The van der Waals surface area contributed by atoms with Crippen LogP contribution in [0.4, 0.5) is 4.79 Å². The first-order valence-electron chi connectivity index (χ1n) is 5.76. The van der Waals surface area contributed by atoms with Crippen molar-refractivity contribution in [3.63, 3.8) is 0 Å². The summed E-state index contributed by atoms with van der Waals surface area (Å²) in [5, 5.41) is 9.40. The highest BCUT2D eigenvalue weighted by Crippen LogP contribution is 2.37. The quantitative estimate of drug-likeness (QED) is 0.722. The molecule has 0 aliphatic carbocycles. The Bertz CT molecular complexity index is 605. The van der Waals surface area contributed by atoms with Gasteiger partial charge in [0.05, 0.1) is 13.9 Å². The summed E-state index contributed by atoms with van der Waals surface area (Å²) < 4.78 is 1.03. The molecule has 0 spiro atoms. The summed E-state index contributed by atoms with van der Waals surface area (Å²) in [6.07, 6.45) is 1.64. The fourth-order valence-electron chi connectivity index (χ4n) is 1.74. The zero-order chi connectivity index (χ0) is 15.0. The van der Waals surface area contributed by atoms with Crippen molar-refractivity contribution in [3.8, 4) is 5.75 Å². The second kappa shape index (κ2) is 5.91. The maximum absolute atomic E-state index is 12.1. The van der Waals surface area contributed by atoms with E-state index in [0.29, 0.717) is 13.9 Å². The molecular weight excluding hydrogens is 410 g/mol. The number of amides is 2. The Morgan fingerprint density at radius 1 is 1.25 bits per heavy atom. The maximum Gasteiger partial charge on any atom is 0.293 e. The number of halogens is 2. The van der Waals surface area contributed by atoms with Crippen molar-refractivity contribution in [2.24, 2.45) is 0 Å². The van der Waals surface area contributed by atoms with Crippen LogP contribution in [0.1, 0.15) is 19.4 Å². The third-order valence-corrected chi connectivity index (χ3v) is 4.77. The van der Waals surface area contributed by atoms with Crippen LogP contribution in [0.25, 0.3) is 6.08 Å². The molecule has 2 amide bonds. The van der Waals surface area contributed by atoms with E-state index in [0.717, 1.165) is 17.3 Å². The van der Waals surface area contributed by atoms with Crippen LogP contribution in [0.2, 0.25) is 0 Å². The molecule has 1 fully saturated rings. The number of thioether (sulfide) groups is 1. The topological polar surface area (TPSA) is 57.6 Å². The molecule has 1 saturated heterocycles. The Hall–Kier alpha value is -0.790. The molecule has 0 radical (unpaired) electrons. The van der Waals surface area contributed by atoms with Gasteiger partial charge in [-0.3, -0.25) is 14.5 Å². The molecule has 1 heterocycles. The molecule has 0 bridgehead atoms. The number of aromatic hydroxyl groups is 1. The van der Waals surface area contributed by atoms with Gasteiger partial charge in [-0.15, -0.1) is 0 Å². The number of rotatable bonds is 2. The van der Waals surface area contributed by atoms with E-state index < -0.39 is 0 Å². The van der Waals surface area contributed by atoms with Crippen molar-refractivity contribution in [3.05, 3.63) is 31.5 Å². The Balaban J connectivity index is 2.38. The van der Waals surface area contributed by atoms with Crippen molar-refractivity contribution < 1.29 is 14.7 Å². The molecule has 0 unspecified atom stereocenters. The first-order valence-corrected chi connectivity index (χ1v) is 8.16. The summed E-state index contributed by atoms with van der Waals surface area (Å²) >= 11 is 7.39. The molecule has 0 saturated carbocycles. The van der Waals surface area contributed by atoms with Gasteiger partial charge in [0.1, 0.15) is 5.75 Å². The third-order valence-electron chi connectivity index (χ3n) is 2.68. The van der Waals surface area contributed by atoms with Gasteiger partial charge < -0.3 is 5.11 Å². The molecule has 1 N–H and O–H groups in total. The third kappa shape index (κ3) is 2.94. The lowest BCUT2D eigenvalue weighted by Crippen LogP contribution is -2.34. The van der Waals surface area contributed by atoms with Crippen molar-refractivity contribution >= 4 is 60.8 Å². The van der Waals surface area contributed by atoms with Crippen LogP contribution in [0, 0.1) is 0 Å². The van der Waals surface area contributed by atoms with Gasteiger partial charge in [-0.25, -0.2) is 0 Å². The number of imide groups is 1. The number of carbonyl (C=O) groups is 2. The molecule has 1 aromatic rings. The fraction of sp³-hybridized carbons (Fsp3) is 0.231. The van der Waals surface area contributed by atoms with Gasteiger partial charge in [0.25, 0.3) is 11.1 Å². The lowest BCUT2D eigenvalue weighted by Gasteiger charge is -2.16. The molecule has 106 valence electrons. The van der Waals surface area contributed by atoms with Crippen LogP contribution in [-0.2, 0) is 4.79 Å². The van der Waals surface area contributed by atoms with Gasteiger partial charge in [-0.2, -0.15) is 0 Å². The summed E-state index contributed by atoms with van der Waals surface area (Å²) in [5.74, 6) is -0.187. The van der Waals surface area contributed by atoms with E-state index in [1.165, 1.54) is 4.90 Å². The Kier molecular flexibility index (Phi) is 4.61. The number of hydrogen-bond acceptors (Lipinski definition) is 4. The van der Waals surface area contributed by atoms with Crippen LogP contribution in [-0.4, -0.2) is 27.2 Å². The Morgan fingerprint density at radius 2 is 1.80 bits per heavy atom. The van der Waals surface area contributed by atoms with Gasteiger partial charge >= 0.3 is 0 Å². The van der Waals surface area contributed by atoms with E-state index in [-0.39, 0.29) is 22.9 Å². The second-order valence-electron chi connectivity index (χ2n) is 4.48. The van der Waals surface area contributed by atoms with E-state index in [2.05, 4.69) is 31.9 Å². The largest absolute Gasteiger partial charge is 0.506 e. The van der Waals surface area contributed by atoms with E-state index >= 15 is 0 Å². The zero-order valence-electron chi connectivity index (χ0n) is 10.7. The smallest absolute Gasteiger partial charge is 0.293 e. The predicted octanol–water partition coefficient (Wildman–Crippen LogP) is 4.36. The van der Waals surface area contributed by atoms with E-state index in [9.17, 15) is 14.7 Å². The SMILES string of the molecule is CC(C)N1C(=O)S/C(=C/c2cc(Br)c(O)c(Br)c2)C1=O. The van der Waals surface area contributed by atoms with E-state index in [1.54, 1.807) is 32.1 Å². The van der Waals surface area contributed by atoms with Crippen LogP contribution < -0.4 is 0 Å². The minimum atomic E-state index is -0.282. The zero-order valence-corrected chi connectivity index (χ0v) is 14.7. The first-order chi connectivity index (χ1) is 9.31. The van der Waals surface area contributed by atoms with Gasteiger partial charge in [0.15, 0.2) is 0 Å². The summed E-state index contributed by atoms with van der Waals surface area (Å²) in [6.45, 7) is 3.60. The molecule has 0 atom stereocenters. The highest BCUT2D eigenvalue weighted by atomic mass is 79.9. The van der Waals surface area contributed by atoms with Crippen molar-refractivity contribution in [1.29, 1.82) is 0 Å². The standard InChI is InChI=1S/C13H11Br2NO3S/c1-6(2)16-12(18)10(20-13(16)19)5-7-3-8(14)11(17)9(15)4-7/h3-6,17H,1-2H3/b10-5+. The summed E-state index contributed by atoms with van der Waals surface area (Å²) in [7, 11) is 0. The minimum Gasteiger partial charge on any atom is -0.506 e. The molecule has 4 nitrogen and oxygen atoms in total. The Labute approximate surface area is 137 Å². The van der Waals surface area contributed by atoms with Crippen LogP contribution in [0.5, 0.6) is 5.75 Å². The summed E-state index contributed by atoms with van der Waals surface area (Å²) in [4.78, 5) is 25.5. The number of carbonyl (C=O) groups excluding carboxylic acids is 2. The molecule has 1 aliphatic rings. The number of hydrogen-bond donors (Lipinski definition) is 1. The lowest BCUT2D eigenvalue weighted by atomic mass is 10.2. The van der Waals surface area contributed by atoms with Gasteiger partial charge in [0, 0.05) is 6.04 Å². The van der Waals surface area contributed by atoms with Crippen LogP contribution in [0.15, 0.2) is 26.0 Å². The first kappa shape index (κ1) is 15.6. The fourth-order valence-corrected chi connectivity index (χ4v) is 3.93. The van der Waals surface area contributed by atoms with Crippen LogP contribution in [0.3, 0.4) is 0 Å². The average Bonchev–Trinajstić information content (AvgIpc) is 2.61. The molecule has 1 aromatic carbocycles. The monoisotopic (exact) mass is 419 g/mol. The van der Waals surface area contributed by atoms with Gasteiger partial charge in [-0.05, 0) is 81.2 Å². The van der Waals surface area contributed by atoms with Crippen molar-refractivity contribution in [2.75, 3.05) is 0 Å². The molecule has 20 heavy (non-hydrogen) atoms. The number of phenols is 1. The minimum absolute atomic E-state index is 0.0948. The average molecular weight is 421 g/mol. The maximum atomic E-state index is 12.1. The lowest BCUT2D eigenvalue weighted by molar-refractivity contribution is -0.123. The summed E-state index contributed by atoms with van der Waals surface area (Å²) in [5.41, 5.74) is 0.718. The number of phenolic OH excluding ortho intramolecular Hbond substituents is 1. The molecule has 7 heteroatoms. The van der Waals surface area contributed by atoms with Gasteiger partial charge in [0.2, 0.25) is 0 Å². The van der Waals surface area contributed by atoms with Crippen molar-refractivity contribution in [1.82, 2.24) is 4.90 Å². The number of benzene rings is 1. The van der Waals surface area contributed by atoms with Crippen LogP contribution >= 0.6 is 43.6 Å². The molecule has 2 rings (SSSR count). The Morgan fingerprint density at radius 3 is 2.25 bits per heavy atom. The number of nitrogens with zero attached hydrogens (tertiary/aromatic N) is 1. The normalized spacial score (nSPS) is 17.6. The van der Waals surface area contributed by atoms with Crippen molar-refractivity contribution in [2.45, 2.75) is 19.9 Å². The molecular formula is C13H11Br2NO3S. The second-order valence-corrected chi connectivity index (χ2v) is 7.18. The molecule has 1 aliphatic heterocycles.